The smallest absolute Gasteiger partial charge is 0.254 e. The van der Waals surface area contributed by atoms with Gasteiger partial charge in [-0.25, -0.2) is 0 Å². The van der Waals surface area contributed by atoms with E-state index in [0.717, 1.165) is 66.6 Å². The Kier molecular flexibility index (Phi) is 5.68. The predicted octanol–water partition coefficient (Wildman–Crippen LogP) is 4.14. The first-order valence-electron chi connectivity index (χ1n) is 12.5. The highest BCUT2D eigenvalue weighted by Gasteiger charge is 2.34. The number of rotatable bonds is 3. The minimum atomic E-state index is -0.131. The second-order valence-corrected chi connectivity index (χ2v) is 9.70. The molecule has 2 saturated heterocycles. The molecule has 6 rings (SSSR count). The number of fused-ring (bicyclic) bond motifs is 2. The molecule has 178 valence electrons. The third-order valence-electron chi connectivity index (χ3n) is 7.59. The molecule has 0 saturated carbocycles. The topological polar surface area (TPSA) is 70.8 Å². The summed E-state index contributed by atoms with van der Waals surface area (Å²) in [7, 11) is 0. The Morgan fingerprint density at radius 3 is 2.49 bits per heavy atom. The maximum Gasteiger partial charge on any atom is 0.254 e. The number of aromatic nitrogens is 3. The van der Waals surface area contributed by atoms with Crippen molar-refractivity contribution in [2.45, 2.75) is 31.6 Å². The first-order chi connectivity index (χ1) is 17.2. The summed E-state index contributed by atoms with van der Waals surface area (Å²) in [6.07, 6.45) is 5.47. The van der Waals surface area contributed by atoms with Gasteiger partial charge in [0, 0.05) is 43.9 Å². The fourth-order valence-electron chi connectivity index (χ4n) is 5.70. The van der Waals surface area contributed by atoms with Crippen molar-refractivity contribution in [3.63, 3.8) is 0 Å². The van der Waals surface area contributed by atoms with Gasteiger partial charge in [-0.15, -0.1) is 10.2 Å². The highest BCUT2D eigenvalue weighted by atomic mass is 16.2. The summed E-state index contributed by atoms with van der Waals surface area (Å²) in [6.45, 7) is 2.64. The molecular formula is C28H29N5O2. The van der Waals surface area contributed by atoms with Gasteiger partial charge in [-0.3, -0.25) is 14.0 Å². The normalized spacial score (nSPS) is 19.4. The average molecular weight is 468 g/mol. The van der Waals surface area contributed by atoms with Crippen LogP contribution in [0, 0.1) is 5.92 Å². The van der Waals surface area contributed by atoms with Gasteiger partial charge in [-0.2, -0.15) is 0 Å². The lowest BCUT2D eigenvalue weighted by Crippen LogP contribution is -2.48. The summed E-state index contributed by atoms with van der Waals surface area (Å²) in [5.41, 5.74) is 1.58. The van der Waals surface area contributed by atoms with Crippen LogP contribution in [0.3, 0.4) is 0 Å². The zero-order chi connectivity index (χ0) is 23.8. The quantitative estimate of drug-likeness (QED) is 0.454. The molecule has 2 fully saturated rings. The van der Waals surface area contributed by atoms with Crippen molar-refractivity contribution in [3.05, 3.63) is 78.2 Å². The number of carbonyl (C=O) groups excluding carboxylic acids is 2. The first kappa shape index (κ1) is 21.8. The van der Waals surface area contributed by atoms with Crippen LogP contribution in [0.4, 0.5) is 0 Å². The van der Waals surface area contributed by atoms with Crippen LogP contribution in [0.1, 0.15) is 47.8 Å². The number of nitrogens with zero attached hydrogens (tertiary/aromatic N) is 5. The molecule has 7 nitrogen and oxygen atoms in total. The minimum absolute atomic E-state index is 0.0247. The monoisotopic (exact) mass is 467 g/mol. The lowest BCUT2D eigenvalue weighted by molar-refractivity contribution is -0.138. The van der Waals surface area contributed by atoms with Crippen molar-refractivity contribution in [1.82, 2.24) is 24.4 Å². The van der Waals surface area contributed by atoms with Gasteiger partial charge in [0.25, 0.3) is 5.91 Å². The van der Waals surface area contributed by atoms with E-state index in [1.54, 1.807) is 0 Å². The summed E-state index contributed by atoms with van der Waals surface area (Å²) < 4.78 is 2.06. The molecule has 2 amide bonds. The number of piperidine rings is 2. The molecule has 2 aromatic heterocycles. The largest absolute Gasteiger partial charge is 0.342 e. The van der Waals surface area contributed by atoms with E-state index in [0.29, 0.717) is 19.0 Å². The Bertz CT molecular complexity index is 1380. The average Bonchev–Trinajstić information content (AvgIpc) is 3.36. The lowest BCUT2D eigenvalue weighted by Gasteiger charge is -2.37. The molecule has 4 heterocycles. The number of amides is 2. The van der Waals surface area contributed by atoms with Crippen LogP contribution < -0.4 is 0 Å². The van der Waals surface area contributed by atoms with Crippen LogP contribution in [-0.2, 0) is 4.79 Å². The predicted molar refractivity (Wildman–Crippen MR) is 134 cm³/mol. The third kappa shape index (κ3) is 4.05. The maximum atomic E-state index is 13.4. The van der Waals surface area contributed by atoms with Crippen molar-refractivity contribution < 1.29 is 9.59 Å². The molecule has 2 aliphatic rings. The van der Waals surface area contributed by atoms with Gasteiger partial charge in [0.15, 0.2) is 5.65 Å². The summed E-state index contributed by atoms with van der Waals surface area (Å²) in [5, 5.41) is 10.7. The summed E-state index contributed by atoms with van der Waals surface area (Å²) in [4.78, 5) is 30.7. The lowest BCUT2D eigenvalue weighted by atomic mass is 9.92. The molecule has 0 N–H and O–H groups in total. The van der Waals surface area contributed by atoms with Gasteiger partial charge in [0.2, 0.25) is 5.91 Å². The molecule has 4 aromatic rings. The fraction of sp³-hybridized carbons (Fsp3) is 0.357. The van der Waals surface area contributed by atoms with Crippen molar-refractivity contribution in [2.75, 3.05) is 26.2 Å². The number of hydrogen-bond donors (Lipinski definition) is 0. The highest BCUT2D eigenvalue weighted by molar-refractivity contribution is 6.07. The van der Waals surface area contributed by atoms with Crippen LogP contribution in [0.5, 0.6) is 0 Å². The van der Waals surface area contributed by atoms with E-state index >= 15 is 0 Å². The molecule has 2 aromatic carbocycles. The van der Waals surface area contributed by atoms with Crippen LogP contribution in [0.15, 0.2) is 66.9 Å². The van der Waals surface area contributed by atoms with Crippen molar-refractivity contribution in [2.24, 2.45) is 5.92 Å². The van der Waals surface area contributed by atoms with E-state index in [2.05, 4.69) is 14.6 Å². The molecule has 1 unspecified atom stereocenters. The molecule has 0 bridgehead atoms. The Balaban J connectivity index is 1.12. The number of pyridine rings is 1. The Morgan fingerprint density at radius 2 is 1.60 bits per heavy atom. The molecule has 1 atom stereocenters. The van der Waals surface area contributed by atoms with Gasteiger partial charge in [-0.1, -0.05) is 42.5 Å². The Labute approximate surface area is 204 Å². The SMILES string of the molecule is O=C(c1cccc2ccccc12)N1CCCC(C(=O)N2CCC(c3nnc4ccccn34)CC2)C1. The van der Waals surface area contributed by atoms with E-state index in [4.69, 9.17) is 0 Å². The number of benzene rings is 2. The second kappa shape index (κ2) is 9.13. The Morgan fingerprint density at radius 1 is 0.800 bits per heavy atom. The van der Waals surface area contributed by atoms with E-state index in [-0.39, 0.29) is 17.7 Å². The molecule has 2 aliphatic heterocycles. The molecule has 0 aliphatic carbocycles. The van der Waals surface area contributed by atoms with Crippen molar-refractivity contribution in [3.8, 4) is 0 Å². The van der Waals surface area contributed by atoms with Crippen LogP contribution in [0.2, 0.25) is 0 Å². The van der Waals surface area contributed by atoms with Crippen LogP contribution in [0.25, 0.3) is 16.4 Å². The van der Waals surface area contributed by atoms with Crippen LogP contribution >= 0.6 is 0 Å². The number of likely N-dealkylation sites (tertiary alicyclic amines) is 2. The fourth-order valence-corrected chi connectivity index (χ4v) is 5.70. The summed E-state index contributed by atoms with van der Waals surface area (Å²) in [5.74, 6) is 1.36. The molecular weight excluding hydrogens is 438 g/mol. The van der Waals surface area contributed by atoms with E-state index in [1.807, 2.05) is 76.7 Å². The molecule has 35 heavy (non-hydrogen) atoms. The van der Waals surface area contributed by atoms with Gasteiger partial charge < -0.3 is 9.80 Å². The van der Waals surface area contributed by atoms with Crippen LogP contribution in [-0.4, -0.2) is 62.4 Å². The number of carbonyl (C=O) groups is 2. The minimum Gasteiger partial charge on any atom is -0.342 e. The molecule has 0 radical (unpaired) electrons. The molecule has 0 spiro atoms. The van der Waals surface area contributed by atoms with E-state index in [1.165, 1.54) is 0 Å². The van der Waals surface area contributed by atoms with E-state index < -0.39 is 0 Å². The zero-order valence-electron chi connectivity index (χ0n) is 19.7. The standard InChI is InChI=1S/C28H29N5O2/c34-27(31-17-13-21(14-18-31)26-30-29-25-12-3-4-16-33(25)26)22-9-6-15-32(19-22)28(35)24-11-5-8-20-7-1-2-10-23(20)24/h1-5,7-8,10-12,16,21-22H,6,9,13-15,17-19H2. The first-order valence-corrected chi connectivity index (χ1v) is 12.5. The summed E-state index contributed by atoms with van der Waals surface area (Å²) in [6, 6.07) is 19.8. The van der Waals surface area contributed by atoms with Gasteiger partial charge in [-0.05, 0) is 54.7 Å². The van der Waals surface area contributed by atoms with Gasteiger partial charge in [0.05, 0.1) is 5.92 Å². The second-order valence-electron chi connectivity index (χ2n) is 9.70. The number of hydrogen-bond acceptors (Lipinski definition) is 4. The highest BCUT2D eigenvalue weighted by Crippen LogP contribution is 2.30. The summed E-state index contributed by atoms with van der Waals surface area (Å²) >= 11 is 0. The maximum absolute atomic E-state index is 13.4. The van der Waals surface area contributed by atoms with Gasteiger partial charge >= 0.3 is 0 Å². The zero-order valence-corrected chi connectivity index (χ0v) is 19.7. The third-order valence-corrected chi connectivity index (χ3v) is 7.59. The van der Waals surface area contributed by atoms with E-state index in [9.17, 15) is 9.59 Å². The van der Waals surface area contributed by atoms with Gasteiger partial charge in [0.1, 0.15) is 5.82 Å². The molecule has 7 heteroatoms. The van der Waals surface area contributed by atoms with Crippen molar-refractivity contribution in [1.29, 1.82) is 0 Å². The van der Waals surface area contributed by atoms with Crippen molar-refractivity contribution >= 4 is 28.2 Å². The Hall–Kier alpha value is -3.74.